The quantitative estimate of drug-likeness (QED) is 0.305. The number of hydrogen-bond acceptors (Lipinski definition) is 5. The van der Waals surface area contributed by atoms with Crippen LogP contribution in [0, 0.1) is 22.2 Å². The average Bonchev–Trinajstić information content (AvgIpc) is 3.80. The number of benzene rings is 2. The molecule has 0 radical (unpaired) electrons. The van der Waals surface area contributed by atoms with Crippen LogP contribution in [0.15, 0.2) is 56.8 Å². The van der Waals surface area contributed by atoms with Crippen LogP contribution in [0.5, 0.6) is 0 Å². The Balaban J connectivity index is 1.65. The number of nitrogens with zero attached hydrogens (tertiary/aromatic N) is 3. The summed E-state index contributed by atoms with van der Waals surface area (Å²) in [7, 11) is 1.51. The molecule has 2 heterocycles. The molecule has 0 saturated heterocycles. The first-order valence-electron chi connectivity index (χ1n) is 12.7. The fourth-order valence-corrected chi connectivity index (χ4v) is 5.34. The molecule has 0 aliphatic heterocycles. The minimum absolute atomic E-state index is 0.00505. The van der Waals surface area contributed by atoms with Crippen molar-refractivity contribution < 1.29 is 9.18 Å². The average molecular weight is 641 g/mol. The van der Waals surface area contributed by atoms with Crippen molar-refractivity contribution in [1.82, 2.24) is 13.7 Å². The third-order valence-corrected chi connectivity index (χ3v) is 7.93. The number of aromatic nitrogens is 3. The monoisotopic (exact) mass is 641 g/mol. The standard InChI is InChI=1S/C28H25FIN5O4/c1-14-23-22(24(33(2)26(14)37)32-21-11-8-16(30)12-20(21)29)27(38)35(18-9-10-18)28(39)34(23)19-5-3-4-17(13-19)31-25(36)15-6-7-15/h3-5,8,11-13,15,18,32H,6-7,9-10H2,1-2H3,(H,31,36). The van der Waals surface area contributed by atoms with Gasteiger partial charge in [-0.25, -0.2) is 9.18 Å². The molecule has 2 fully saturated rings. The normalized spacial score (nSPS) is 15.0. The summed E-state index contributed by atoms with van der Waals surface area (Å²) >= 11 is 2.00. The number of anilines is 3. The molecular weight excluding hydrogens is 616 g/mol. The smallest absolute Gasteiger partial charge is 0.336 e. The Bertz CT molecular complexity index is 1870. The summed E-state index contributed by atoms with van der Waals surface area (Å²) in [4.78, 5) is 53.6. The van der Waals surface area contributed by atoms with Gasteiger partial charge in [-0.05, 0) is 91.6 Å². The highest BCUT2D eigenvalue weighted by molar-refractivity contribution is 14.1. The van der Waals surface area contributed by atoms with Gasteiger partial charge in [0.05, 0.1) is 16.9 Å². The molecule has 2 aliphatic rings. The summed E-state index contributed by atoms with van der Waals surface area (Å²) in [5, 5.41) is 5.95. The molecule has 11 heteroatoms. The maximum Gasteiger partial charge on any atom is 0.336 e. The topological polar surface area (TPSA) is 107 Å². The van der Waals surface area contributed by atoms with Crippen LogP contribution in [0.25, 0.3) is 16.6 Å². The van der Waals surface area contributed by atoms with Crippen LogP contribution in [0.1, 0.15) is 37.3 Å². The van der Waals surface area contributed by atoms with Gasteiger partial charge in [0.2, 0.25) is 5.91 Å². The highest BCUT2D eigenvalue weighted by Gasteiger charge is 2.32. The van der Waals surface area contributed by atoms with E-state index in [0.717, 1.165) is 12.8 Å². The Morgan fingerprint density at radius 2 is 1.77 bits per heavy atom. The van der Waals surface area contributed by atoms with E-state index in [9.17, 15) is 23.6 Å². The van der Waals surface area contributed by atoms with Gasteiger partial charge in [0, 0.05) is 33.8 Å². The Kier molecular flexibility index (Phi) is 6.20. The molecule has 1 amide bonds. The Hall–Kier alpha value is -3.74. The van der Waals surface area contributed by atoms with E-state index < -0.39 is 22.6 Å². The number of rotatable bonds is 6. The van der Waals surface area contributed by atoms with Gasteiger partial charge in [-0.15, -0.1) is 0 Å². The zero-order chi connectivity index (χ0) is 27.6. The highest BCUT2D eigenvalue weighted by Crippen LogP contribution is 2.34. The lowest BCUT2D eigenvalue weighted by atomic mass is 10.1. The molecule has 6 rings (SSSR count). The fourth-order valence-electron chi connectivity index (χ4n) is 4.89. The second kappa shape index (κ2) is 9.47. The number of nitrogens with one attached hydrogen (secondary N) is 2. The van der Waals surface area contributed by atoms with Gasteiger partial charge < -0.3 is 10.6 Å². The molecular formula is C28H25FIN5O4. The van der Waals surface area contributed by atoms with Gasteiger partial charge in [0.1, 0.15) is 17.0 Å². The van der Waals surface area contributed by atoms with E-state index in [1.807, 2.05) is 22.6 Å². The van der Waals surface area contributed by atoms with Crippen LogP contribution in [0.2, 0.25) is 0 Å². The number of aryl methyl sites for hydroxylation is 1. The van der Waals surface area contributed by atoms with E-state index in [1.165, 1.54) is 32.9 Å². The van der Waals surface area contributed by atoms with E-state index in [1.54, 1.807) is 37.3 Å². The Morgan fingerprint density at radius 1 is 1.03 bits per heavy atom. The van der Waals surface area contributed by atoms with Gasteiger partial charge in [-0.2, -0.15) is 0 Å². The lowest BCUT2D eigenvalue weighted by Gasteiger charge is -2.21. The van der Waals surface area contributed by atoms with Crippen LogP contribution >= 0.6 is 22.6 Å². The van der Waals surface area contributed by atoms with Crippen LogP contribution in [-0.4, -0.2) is 19.6 Å². The zero-order valence-corrected chi connectivity index (χ0v) is 23.4. The Labute approximate surface area is 235 Å². The minimum atomic E-state index is -0.566. The van der Waals surface area contributed by atoms with Gasteiger partial charge in [0.25, 0.3) is 11.1 Å². The van der Waals surface area contributed by atoms with Crippen molar-refractivity contribution in [2.45, 2.75) is 38.6 Å². The van der Waals surface area contributed by atoms with E-state index in [0.29, 0.717) is 27.8 Å². The second-order valence-electron chi connectivity index (χ2n) is 10.1. The minimum Gasteiger partial charge on any atom is -0.338 e. The molecule has 0 unspecified atom stereocenters. The molecule has 39 heavy (non-hydrogen) atoms. The van der Waals surface area contributed by atoms with E-state index in [2.05, 4.69) is 10.6 Å². The maximum atomic E-state index is 14.9. The fraction of sp³-hybridized carbons (Fsp3) is 0.286. The van der Waals surface area contributed by atoms with Crippen LogP contribution < -0.4 is 27.4 Å². The van der Waals surface area contributed by atoms with Crippen molar-refractivity contribution in [3.8, 4) is 5.69 Å². The molecule has 4 aromatic rings. The number of amides is 1. The molecule has 0 bridgehead atoms. The molecule has 2 N–H and O–H groups in total. The number of hydrogen-bond donors (Lipinski definition) is 2. The number of carbonyl (C=O) groups excluding carboxylic acids is 1. The van der Waals surface area contributed by atoms with Crippen molar-refractivity contribution in [3.63, 3.8) is 0 Å². The van der Waals surface area contributed by atoms with E-state index in [4.69, 9.17) is 0 Å². The molecule has 2 aromatic carbocycles. The first-order chi connectivity index (χ1) is 18.7. The third kappa shape index (κ3) is 4.48. The van der Waals surface area contributed by atoms with Crippen molar-refractivity contribution in [2.24, 2.45) is 13.0 Å². The van der Waals surface area contributed by atoms with Crippen molar-refractivity contribution in [2.75, 3.05) is 10.6 Å². The van der Waals surface area contributed by atoms with Crippen LogP contribution in [-0.2, 0) is 11.8 Å². The van der Waals surface area contributed by atoms with E-state index in [-0.39, 0.29) is 45.8 Å². The lowest BCUT2D eigenvalue weighted by molar-refractivity contribution is -0.117. The Morgan fingerprint density at radius 3 is 2.44 bits per heavy atom. The number of carbonyl (C=O) groups is 1. The molecule has 2 saturated carbocycles. The van der Waals surface area contributed by atoms with Crippen LogP contribution in [0.4, 0.5) is 21.6 Å². The maximum absolute atomic E-state index is 14.9. The molecule has 0 atom stereocenters. The summed E-state index contributed by atoms with van der Waals surface area (Å²) in [5.41, 5.74) is -0.205. The second-order valence-corrected chi connectivity index (χ2v) is 11.4. The summed E-state index contributed by atoms with van der Waals surface area (Å²) in [6.07, 6.45) is 3.05. The number of pyridine rings is 1. The SMILES string of the molecule is Cc1c(=O)n(C)c(Nc2ccc(I)cc2F)c2c(=O)n(C3CC3)c(=O)n(-c3cccc(NC(=O)C4CC4)c3)c12. The van der Waals surface area contributed by atoms with Gasteiger partial charge >= 0.3 is 5.69 Å². The summed E-state index contributed by atoms with van der Waals surface area (Å²) in [5.74, 6) is -0.539. The molecule has 2 aromatic heterocycles. The summed E-state index contributed by atoms with van der Waals surface area (Å²) in [6, 6.07) is 11.1. The zero-order valence-electron chi connectivity index (χ0n) is 21.3. The number of halogens is 2. The van der Waals surface area contributed by atoms with E-state index >= 15 is 0 Å². The van der Waals surface area contributed by atoms with Crippen LogP contribution in [0.3, 0.4) is 0 Å². The molecule has 0 spiro atoms. The largest absolute Gasteiger partial charge is 0.338 e. The van der Waals surface area contributed by atoms with Gasteiger partial charge in [-0.1, -0.05) is 6.07 Å². The van der Waals surface area contributed by atoms with Crippen molar-refractivity contribution in [1.29, 1.82) is 0 Å². The highest BCUT2D eigenvalue weighted by atomic mass is 127. The van der Waals surface area contributed by atoms with Crippen molar-refractivity contribution >= 4 is 56.6 Å². The summed E-state index contributed by atoms with van der Waals surface area (Å²) in [6.45, 7) is 1.56. The lowest BCUT2D eigenvalue weighted by Crippen LogP contribution is -2.41. The predicted octanol–water partition coefficient (Wildman–Crippen LogP) is 4.33. The third-order valence-electron chi connectivity index (χ3n) is 7.26. The summed E-state index contributed by atoms with van der Waals surface area (Å²) < 4.78 is 19.4. The molecule has 200 valence electrons. The van der Waals surface area contributed by atoms with Gasteiger partial charge in [0.15, 0.2) is 0 Å². The first kappa shape index (κ1) is 25.5. The molecule has 2 aliphatic carbocycles. The number of fused-ring (bicyclic) bond motifs is 1. The first-order valence-corrected chi connectivity index (χ1v) is 13.8. The van der Waals surface area contributed by atoms with Crippen molar-refractivity contribution in [3.05, 3.63) is 88.6 Å². The predicted molar refractivity (Wildman–Crippen MR) is 156 cm³/mol. The van der Waals surface area contributed by atoms with Gasteiger partial charge in [-0.3, -0.25) is 28.1 Å². The molecule has 9 nitrogen and oxygen atoms in total.